The highest BCUT2D eigenvalue weighted by Gasteiger charge is 2.36. The third-order valence-electron chi connectivity index (χ3n) is 5.75. The highest BCUT2D eigenvalue weighted by atomic mass is 19.1. The smallest absolute Gasteiger partial charge is 0.290 e. The number of ether oxygens (including phenoxy) is 2. The molecule has 2 aromatic carbocycles. The number of nitrogens with zero attached hydrogens (tertiary/aromatic N) is 3. The Hall–Kier alpha value is -3.98. The van der Waals surface area contributed by atoms with Crippen molar-refractivity contribution in [3.8, 4) is 5.75 Å². The molecule has 8 nitrogen and oxygen atoms in total. The van der Waals surface area contributed by atoms with Gasteiger partial charge in [-0.25, -0.2) is 9.40 Å². The van der Waals surface area contributed by atoms with Gasteiger partial charge >= 0.3 is 0 Å². The van der Waals surface area contributed by atoms with Gasteiger partial charge in [-0.2, -0.15) is 5.10 Å². The second-order valence-corrected chi connectivity index (χ2v) is 7.95. The molecule has 1 atom stereocenters. The minimum atomic E-state index is -0.457. The molecular weight excluding hydrogens is 453 g/mol. The fourth-order valence-corrected chi connectivity index (χ4v) is 3.99. The number of hydrazone groups is 1. The summed E-state index contributed by atoms with van der Waals surface area (Å²) < 4.78 is 29.4. The largest absolute Gasteiger partial charge is 0.496 e. The van der Waals surface area contributed by atoms with Crippen LogP contribution in [0.25, 0.3) is 0 Å². The van der Waals surface area contributed by atoms with Crippen molar-refractivity contribution in [2.24, 2.45) is 5.10 Å². The average molecular weight is 480 g/mol. The van der Waals surface area contributed by atoms with Crippen LogP contribution in [0.4, 0.5) is 4.39 Å². The first kappa shape index (κ1) is 24.2. The summed E-state index contributed by atoms with van der Waals surface area (Å²) >= 11 is 0. The standard InChI is InChI=1S/C26H26FN3O5/c1-33-15-13-29(26(32)24-8-5-14-35-24)17-25(31)30-22(20-6-3-4-7-23(20)34-2)16-21(28-30)18-9-11-19(27)12-10-18/h3-12,14,22H,13,15-17H2,1-2H3/t22-/m0/s1. The maximum Gasteiger partial charge on any atom is 0.290 e. The molecule has 2 amide bonds. The Kier molecular flexibility index (Phi) is 7.57. The van der Waals surface area contributed by atoms with E-state index < -0.39 is 11.9 Å². The lowest BCUT2D eigenvalue weighted by atomic mass is 9.97. The highest BCUT2D eigenvalue weighted by molar-refractivity contribution is 6.03. The molecule has 0 unspecified atom stereocenters. The number of amides is 2. The Labute approximate surface area is 202 Å². The van der Waals surface area contributed by atoms with Crippen molar-refractivity contribution in [1.82, 2.24) is 9.91 Å². The van der Waals surface area contributed by atoms with Gasteiger partial charge in [-0.15, -0.1) is 0 Å². The number of halogens is 1. The lowest BCUT2D eigenvalue weighted by molar-refractivity contribution is -0.133. The summed E-state index contributed by atoms with van der Waals surface area (Å²) in [4.78, 5) is 27.9. The number of hydrogen-bond acceptors (Lipinski definition) is 6. The third-order valence-corrected chi connectivity index (χ3v) is 5.75. The van der Waals surface area contributed by atoms with E-state index in [2.05, 4.69) is 5.10 Å². The summed E-state index contributed by atoms with van der Waals surface area (Å²) in [6.07, 6.45) is 1.81. The summed E-state index contributed by atoms with van der Waals surface area (Å²) in [6, 6.07) is 16.1. The van der Waals surface area contributed by atoms with Crippen LogP contribution in [0.2, 0.25) is 0 Å². The Morgan fingerprint density at radius 2 is 1.89 bits per heavy atom. The first-order valence-corrected chi connectivity index (χ1v) is 11.1. The van der Waals surface area contributed by atoms with Gasteiger partial charge in [0, 0.05) is 25.6 Å². The van der Waals surface area contributed by atoms with Crippen LogP contribution in [-0.2, 0) is 9.53 Å². The predicted octanol–water partition coefficient (Wildman–Crippen LogP) is 3.89. The number of carbonyl (C=O) groups is 2. The molecule has 0 aliphatic carbocycles. The summed E-state index contributed by atoms with van der Waals surface area (Å²) in [7, 11) is 3.09. The van der Waals surface area contributed by atoms with E-state index in [4.69, 9.17) is 13.9 Å². The molecule has 3 aromatic rings. The van der Waals surface area contributed by atoms with Gasteiger partial charge in [0.1, 0.15) is 18.1 Å². The van der Waals surface area contributed by atoms with Crippen molar-refractivity contribution in [3.05, 3.63) is 89.6 Å². The van der Waals surface area contributed by atoms with Gasteiger partial charge < -0.3 is 18.8 Å². The SMILES string of the molecule is COCCN(CC(=O)N1N=C(c2ccc(F)cc2)C[C@H]1c1ccccc1OC)C(=O)c1ccco1. The Balaban J connectivity index is 1.65. The molecule has 9 heteroatoms. The zero-order chi connectivity index (χ0) is 24.8. The molecule has 0 spiro atoms. The van der Waals surface area contributed by atoms with Gasteiger partial charge in [-0.05, 0) is 35.9 Å². The molecule has 182 valence electrons. The number of benzene rings is 2. The number of carbonyl (C=O) groups excluding carboxylic acids is 2. The molecule has 1 aliphatic heterocycles. The van der Waals surface area contributed by atoms with Crippen molar-refractivity contribution >= 4 is 17.5 Å². The first-order valence-electron chi connectivity index (χ1n) is 11.1. The third kappa shape index (κ3) is 5.41. The van der Waals surface area contributed by atoms with E-state index >= 15 is 0 Å². The van der Waals surface area contributed by atoms with Crippen molar-refractivity contribution in [2.45, 2.75) is 12.5 Å². The number of furan rings is 1. The number of methoxy groups -OCH3 is 2. The van der Waals surface area contributed by atoms with Crippen molar-refractivity contribution in [2.75, 3.05) is 33.9 Å². The lowest BCUT2D eigenvalue weighted by Crippen LogP contribution is -2.42. The molecule has 0 N–H and O–H groups in total. The Bertz CT molecular complexity index is 1190. The van der Waals surface area contributed by atoms with Gasteiger partial charge in [0.2, 0.25) is 0 Å². The monoisotopic (exact) mass is 479 g/mol. The quantitative estimate of drug-likeness (QED) is 0.465. The van der Waals surface area contributed by atoms with Crippen LogP contribution in [0.5, 0.6) is 5.75 Å². The van der Waals surface area contributed by atoms with Crippen molar-refractivity contribution in [1.29, 1.82) is 0 Å². The number of para-hydroxylation sites is 1. The first-order chi connectivity index (χ1) is 17.0. The zero-order valence-electron chi connectivity index (χ0n) is 19.5. The molecule has 2 heterocycles. The van der Waals surface area contributed by atoms with E-state index in [1.54, 1.807) is 31.4 Å². The molecule has 0 fully saturated rings. The van der Waals surface area contributed by atoms with E-state index in [-0.39, 0.29) is 37.2 Å². The molecule has 35 heavy (non-hydrogen) atoms. The summed E-state index contributed by atoms with van der Waals surface area (Å²) in [5.41, 5.74) is 2.13. The van der Waals surface area contributed by atoms with E-state index in [9.17, 15) is 14.0 Å². The molecule has 0 radical (unpaired) electrons. The van der Waals surface area contributed by atoms with Crippen LogP contribution >= 0.6 is 0 Å². The second kappa shape index (κ2) is 11.0. The van der Waals surface area contributed by atoms with Crippen LogP contribution in [0, 0.1) is 5.82 Å². The minimum Gasteiger partial charge on any atom is -0.496 e. The van der Waals surface area contributed by atoms with Gasteiger partial charge in [-0.1, -0.05) is 30.3 Å². The van der Waals surface area contributed by atoms with Crippen molar-refractivity contribution < 1.29 is 27.9 Å². The van der Waals surface area contributed by atoms with Gasteiger partial charge in [0.15, 0.2) is 5.76 Å². The summed E-state index contributed by atoms with van der Waals surface area (Å²) in [5.74, 6) is -0.405. The molecular formula is C26H26FN3O5. The fraction of sp³-hybridized carbons (Fsp3) is 0.269. The van der Waals surface area contributed by atoms with E-state index in [1.165, 1.54) is 35.4 Å². The van der Waals surface area contributed by atoms with Crippen LogP contribution in [0.1, 0.15) is 34.1 Å². The molecule has 1 aromatic heterocycles. The van der Waals surface area contributed by atoms with Gasteiger partial charge in [0.25, 0.3) is 11.8 Å². The number of hydrogen-bond donors (Lipinski definition) is 0. The van der Waals surface area contributed by atoms with Gasteiger partial charge in [-0.3, -0.25) is 9.59 Å². The van der Waals surface area contributed by atoms with E-state index in [0.717, 1.165) is 5.56 Å². The summed E-state index contributed by atoms with van der Waals surface area (Å²) in [5, 5.41) is 5.99. The maximum absolute atomic E-state index is 13.6. The fourth-order valence-electron chi connectivity index (χ4n) is 3.99. The van der Waals surface area contributed by atoms with Crippen LogP contribution in [-0.4, -0.2) is 61.4 Å². The molecule has 0 bridgehead atoms. The van der Waals surface area contributed by atoms with E-state index in [0.29, 0.717) is 23.4 Å². The predicted molar refractivity (Wildman–Crippen MR) is 127 cm³/mol. The molecule has 4 rings (SSSR count). The Morgan fingerprint density at radius 3 is 2.57 bits per heavy atom. The highest BCUT2D eigenvalue weighted by Crippen LogP contribution is 2.37. The molecule has 0 saturated carbocycles. The molecule has 1 aliphatic rings. The summed E-state index contributed by atoms with van der Waals surface area (Å²) in [6.45, 7) is 0.220. The number of rotatable bonds is 9. The maximum atomic E-state index is 13.6. The molecule has 0 saturated heterocycles. The van der Waals surface area contributed by atoms with Crippen LogP contribution in [0.15, 0.2) is 76.4 Å². The minimum absolute atomic E-state index is 0.132. The van der Waals surface area contributed by atoms with Crippen molar-refractivity contribution in [3.63, 3.8) is 0 Å². The lowest BCUT2D eigenvalue weighted by Gasteiger charge is -2.27. The average Bonchev–Trinajstić information content (AvgIpc) is 3.57. The van der Waals surface area contributed by atoms with Crippen LogP contribution in [0.3, 0.4) is 0 Å². The van der Waals surface area contributed by atoms with Crippen LogP contribution < -0.4 is 4.74 Å². The second-order valence-electron chi connectivity index (χ2n) is 7.95. The normalized spacial score (nSPS) is 15.1. The topological polar surface area (TPSA) is 84.6 Å². The Morgan fingerprint density at radius 1 is 1.11 bits per heavy atom. The van der Waals surface area contributed by atoms with Gasteiger partial charge in [0.05, 0.1) is 31.7 Å². The van der Waals surface area contributed by atoms with E-state index in [1.807, 2.05) is 24.3 Å². The zero-order valence-corrected chi connectivity index (χ0v) is 19.5.